The second kappa shape index (κ2) is 6.53. The molecule has 0 atom stereocenters. The molecule has 2 N–H and O–H groups in total. The second-order valence-corrected chi connectivity index (χ2v) is 6.82. The first-order chi connectivity index (χ1) is 9.60. The fourth-order valence-electron chi connectivity index (χ4n) is 2.19. The Labute approximate surface area is 125 Å². The predicted molar refractivity (Wildman–Crippen MR) is 87.8 cm³/mol. The first-order valence-corrected chi connectivity index (χ1v) is 8.50. The van der Waals surface area contributed by atoms with Gasteiger partial charge in [0.25, 0.3) is 5.91 Å². The largest absolute Gasteiger partial charge is 0.384 e. The van der Waals surface area contributed by atoms with Crippen molar-refractivity contribution in [2.75, 3.05) is 24.7 Å². The molecule has 0 unspecified atom stereocenters. The van der Waals surface area contributed by atoms with Crippen molar-refractivity contribution in [2.45, 2.75) is 37.9 Å². The molecule has 20 heavy (non-hydrogen) atoms. The Morgan fingerprint density at radius 3 is 2.75 bits per heavy atom. The van der Waals surface area contributed by atoms with E-state index in [1.54, 1.807) is 0 Å². The highest BCUT2D eigenvalue weighted by atomic mass is 32.2. The number of benzene rings is 1. The smallest absolute Gasteiger partial charge is 0.253 e. The van der Waals surface area contributed by atoms with E-state index < -0.39 is 0 Å². The fourth-order valence-corrected chi connectivity index (χ4v) is 2.92. The van der Waals surface area contributed by atoms with Crippen LogP contribution in [0.15, 0.2) is 18.2 Å². The molecule has 1 aliphatic rings. The van der Waals surface area contributed by atoms with Crippen LogP contribution in [0.1, 0.15) is 42.1 Å². The monoisotopic (exact) mass is 292 g/mol. The van der Waals surface area contributed by atoms with Gasteiger partial charge in [-0.15, -0.1) is 0 Å². The molecule has 0 aromatic heterocycles. The van der Waals surface area contributed by atoms with Crippen molar-refractivity contribution in [3.05, 3.63) is 29.3 Å². The Balaban J connectivity index is 2.05. The van der Waals surface area contributed by atoms with Gasteiger partial charge in [0.2, 0.25) is 0 Å². The summed E-state index contributed by atoms with van der Waals surface area (Å²) < 4.78 is 0.302. The van der Waals surface area contributed by atoms with E-state index >= 15 is 0 Å². The summed E-state index contributed by atoms with van der Waals surface area (Å²) in [7, 11) is 0. The van der Waals surface area contributed by atoms with Gasteiger partial charge in [-0.3, -0.25) is 4.79 Å². The van der Waals surface area contributed by atoms with Gasteiger partial charge < -0.3 is 10.6 Å². The number of amides is 1. The number of nitrogens with one attached hydrogen (secondary N) is 2. The molecule has 0 saturated heterocycles. The molecule has 1 aromatic rings. The van der Waals surface area contributed by atoms with E-state index in [9.17, 15) is 4.79 Å². The molecular formula is C16H24N2OS. The maximum atomic E-state index is 12.4. The summed E-state index contributed by atoms with van der Waals surface area (Å²) in [6.45, 7) is 5.80. The number of hydrogen-bond donors (Lipinski definition) is 2. The van der Waals surface area contributed by atoms with E-state index in [1.807, 2.05) is 36.9 Å². The van der Waals surface area contributed by atoms with Crippen molar-refractivity contribution in [3.63, 3.8) is 0 Å². The van der Waals surface area contributed by atoms with Gasteiger partial charge in [0, 0.05) is 23.5 Å². The minimum atomic E-state index is 0.0348. The Morgan fingerprint density at radius 2 is 2.15 bits per heavy atom. The molecular weight excluding hydrogens is 268 g/mol. The summed E-state index contributed by atoms with van der Waals surface area (Å²) in [6.07, 6.45) is 5.59. The quantitative estimate of drug-likeness (QED) is 0.809. The third-order valence-corrected chi connectivity index (χ3v) is 5.22. The Hall–Kier alpha value is -1.16. The number of thioether (sulfide) groups is 1. The standard InChI is InChI=1S/C16H24N2OS/c1-4-9-17-14-6-5-12(2)10-13(14)15(19)18-11-16(20-3)7-8-16/h5-6,10,17H,4,7-9,11H2,1-3H3,(H,18,19). The molecule has 0 spiro atoms. The molecule has 4 heteroatoms. The molecule has 0 aliphatic heterocycles. The number of carbonyl (C=O) groups is 1. The fraction of sp³-hybridized carbons (Fsp3) is 0.562. The highest BCUT2D eigenvalue weighted by molar-refractivity contribution is 8.00. The van der Waals surface area contributed by atoms with Crippen molar-refractivity contribution in [3.8, 4) is 0 Å². The number of rotatable bonds is 7. The van der Waals surface area contributed by atoms with Crippen LogP contribution in [0, 0.1) is 6.92 Å². The Bertz CT molecular complexity index is 483. The molecule has 0 bridgehead atoms. The molecule has 0 radical (unpaired) electrons. The lowest BCUT2D eigenvalue weighted by Crippen LogP contribution is -2.32. The van der Waals surface area contributed by atoms with Crippen molar-refractivity contribution < 1.29 is 4.79 Å². The summed E-state index contributed by atoms with van der Waals surface area (Å²) >= 11 is 1.87. The molecule has 3 nitrogen and oxygen atoms in total. The molecule has 0 heterocycles. The number of hydrogen-bond acceptors (Lipinski definition) is 3. The van der Waals surface area contributed by atoms with Crippen LogP contribution < -0.4 is 10.6 Å². The minimum Gasteiger partial charge on any atom is -0.384 e. The van der Waals surface area contributed by atoms with Crippen molar-refractivity contribution in [2.24, 2.45) is 0 Å². The molecule has 1 fully saturated rings. The zero-order valence-electron chi connectivity index (χ0n) is 12.6. The zero-order chi connectivity index (χ0) is 14.6. The first kappa shape index (κ1) is 15.2. The second-order valence-electron chi connectivity index (χ2n) is 5.55. The first-order valence-electron chi connectivity index (χ1n) is 7.28. The Morgan fingerprint density at radius 1 is 1.40 bits per heavy atom. The maximum Gasteiger partial charge on any atom is 0.253 e. The highest BCUT2D eigenvalue weighted by Crippen LogP contribution is 2.46. The average molecular weight is 292 g/mol. The van der Waals surface area contributed by atoms with Crippen LogP contribution >= 0.6 is 11.8 Å². The van der Waals surface area contributed by atoms with Crippen LogP contribution in [-0.4, -0.2) is 30.0 Å². The van der Waals surface area contributed by atoms with Gasteiger partial charge in [0.1, 0.15) is 0 Å². The van der Waals surface area contributed by atoms with Crippen molar-refractivity contribution in [1.82, 2.24) is 5.32 Å². The van der Waals surface area contributed by atoms with Crippen LogP contribution in [0.5, 0.6) is 0 Å². The number of aryl methyl sites for hydroxylation is 1. The van der Waals surface area contributed by atoms with Crippen LogP contribution in [0.25, 0.3) is 0 Å². The lowest BCUT2D eigenvalue weighted by atomic mass is 10.1. The third-order valence-electron chi connectivity index (χ3n) is 3.80. The van der Waals surface area contributed by atoms with Crippen LogP contribution in [0.2, 0.25) is 0 Å². The highest BCUT2D eigenvalue weighted by Gasteiger charge is 2.42. The van der Waals surface area contributed by atoms with E-state index in [1.165, 1.54) is 12.8 Å². The maximum absolute atomic E-state index is 12.4. The van der Waals surface area contributed by atoms with Gasteiger partial charge in [0.05, 0.1) is 5.56 Å². The number of carbonyl (C=O) groups excluding carboxylic acids is 1. The summed E-state index contributed by atoms with van der Waals surface area (Å²) in [4.78, 5) is 12.4. The summed E-state index contributed by atoms with van der Waals surface area (Å²) in [5.41, 5.74) is 2.81. The van der Waals surface area contributed by atoms with Gasteiger partial charge in [0.15, 0.2) is 0 Å². The summed E-state index contributed by atoms with van der Waals surface area (Å²) in [6, 6.07) is 6.01. The van der Waals surface area contributed by atoms with Crippen LogP contribution in [0.3, 0.4) is 0 Å². The van der Waals surface area contributed by atoms with E-state index in [4.69, 9.17) is 0 Å². The molecule has 1 saturated carbocycles. The topological polar surface area (TPSA) is 41.1 Å². The Kier molecular flexibility index (Phi) is 4.97. The van der Waals surface area contributed by atoms with E-state index in [0.717, 1.165) is 36.3 Å². The van der Waals surface area contributed by atoms with E-state index in [0.29, 0.717) is 4.75 Å². The summed E-state index contributed by atoms with van der Waals surface area (Å²) in [5, 5.41) is 6.43. The van der Waals surface area contributed by atoms with Crippen LogP contribution in [0.4, 0.5) is 5.69 Å². The van der Waals surface area contributed by atoms with Gasteiger partial charge in [-0.05, 0) is 44.6 Å². The van der Waals surface area contributed by atoms with E-state index in [2.05, 4.69) is 23.8 Å². The van der Waals surface area contributed by atoms with Gasteiger partial charge in [-0.25, -0.2) is 0 Å². The van der Waals surface area contributed by atoms with Gasteiger partial charge >= 0.3 is 0 Å². The average Bonchev–Trinajstić information content (AvgIpc) is 3.24. The molecule has 110 valence electrons. The zero-order valence-corrected chi connectivity index (χ0v) is 13.4. The minimum absolute atomic E-state index is 0.0348. The normalized spacial score (nSPS) is 15.8. The van der Waals surface area contributed by atoms with Gasteiger partial charge in [-0.1, -0.05) is 18.6 Å². The molecule has 1 aromatic carbocycles. The predicted octanol–water partition coefficient (Wildman–Crippen LogP) is 3.44. The lowest BCUT2D eigenvalue weighted by molar-refractivity contribution is 0.0953. The third kappa shape index (κ3) is 3.69. The molecule has 1 amide bonds. The molecule has 1 aliphatic carbocycles. The molecule has 2 rings (SSSR count). The lowest BCUT2D eigenvalue weighted by Gasteiger charge is -2.16. The number of anilines is 1. The van der Waals surface area contributed by atoms with Crippen LogP contribution in [-0.2, 0) is 0 Å². The summed E-state index contributed by atoms with van der Waals surface area (Å²) in [5.74, 6) is 0.0348. The van der Waals surface area contributed by atoms with Crippen molar-refractivity contribution >= 4 is 23.4 Å². The van der Waals surface area contributed by atoms with Crippen molar-refractivity contribution in [1.29, 1.82) is 0 Å². The van der Waals surface area contributed by atoms with E-state index in [-0.39, 0.29) is 5.91 Å². The SMILES string of the molecule is CCCNc1ccc(C)cc1C(=O)NCC1(SC)CC1. The van der Waals surface area contributed by atoms with Gasteiger partial charge in [-0.2, -0.15) is 11.8 Å².